The maximum absolute atomic E-state index is 11.9. The highest BCUT2D eigenvalue weighted by Gasteiger charge is 2.16. The van der Waals surface area contributed by atoms with Crippen LogP contribution in [0.5, 0.6) is 5.75 Å². The molecule has 1 N–H and O–H groups in total. The van der Waals surface area contributed by atoms with Crippen LogP contribution in [0.1, 0.15) is 43.2 Å². The summed E-state index contributed by atoms with van der Waals surface area (Å²) in [5, 5.41) is 3.06. The highest BCUT2D eigenvalue weighted by Crippen LogP contribution is 2.26. The highest BCUT2D eigenvalue weighted by molar-refractivity contribution is 9.10. The standard InChI is InChI=1S/C16H22BrNO2/c1-11-9-15(12(2)8-14(11)17)20-10-16(19)18-13-6-4-3-5-7-13/h8-9,13H,3-7,10H2,1-2H3,(H,18,19). The van der Waals surface area contributed by atoms with Crippen molar-refractivity contribution in [3.05, 3.63) is 27.7 Å². The van der Waals surface area contributed by atoms with Crippen LogP contribution >= 0.6 is 15.9 Å². The van der Waals surface area contributed by atoms with E-state index in [4.69, 9.17) is 4.74 Å². The molecule has 1 aromatic rings. The average Bonchev–Trinajstić information content (AvgIpc) is 2.42. The Balaban J connectivity index is 1.85. The van der Waals surface area contributed by atoms with Gasteiger partial charge in [0.15, 0.2) is 6.61 Å². The average molecular weight is 340 g/mol. The van der Waals surface area contributed by atoms with Gasteiger partial charge in [-0.3, -0.25) is 4.79 Å². The number of carbonyl (C=O) groups excluding carboxylic acids is 1. The molecule has 1 aliphatic rings. The minimum Gasteiger partial charge on any atom is -0.483 e. The molecule has 0 bridgehead atoms. The SMILES string of the molecule is Cc1cc(OCC(=O)NC2CCCCC2)c(C)cc1Br. The van der Waals surface area contributed by atoms with Crippen molar-refractivity contribution in [2.45, 2.75) is 52.0 Å². The quantitative estimate of drug-likeness (QED) is 0.903. The fraction of sp³-hybridized carbons (Fsp3) is 0.562. The van der Waals surface area contributed by atoms with Crippen molar-refractivity contribution in [3.63, 3.8) is 0 Å². The van der Waals surface area contributed by atoms with E-state index >= 15 is 0 Å². The van der Waals surface area contributed by atoms with Crippen LogP contribution in [0, 0.1) is 13.8 Å². The Morgan fingerprint density at radius 3 is 2.65 bits per heavy atom. The summed E-state index contributed by atoms with van der Waals surface area (Å²) in [6, 6.07) is 4.32. The smallest absolute Gasteiger partial charge is 0.258 e. The molecular weight excluding hydrogens is 318 g/mol. The second kappa shape index (κ2) is 7.11. The molecule has 0 radical (unpaired) electrons. The van der Waals surface area contributed by atoms with E-state index in [2.05, 4.69) is 21.2 Å². The summed E-state index contributed by atoms with van der Waals surface area (Å²) in [7, 11) is 0. The molecule has 2 rings (SSSR count). The fourth-order valence-electron chi connectivity index (χ4n) is 2.57. The molecule has 1 fully saturated rings. The Kier molecular flexibility index (Phi) is 5.46. The van der Waals surface area contributed by atoms with Crippen molar-refractivity contribution < 1.29 is 9.53 Å². The summed E-state index contributed by atoms with van der Waals surface area (Å²) in [5.41, 5.74) is 2.14. The molecule has 0 aliphatic heterocycles. The van der Waals surface area contributed by atoms with Gasteiger partial charge in [0.2, 0.25) is 0 Å². The molecule has 4 heteroatoms. The molecule has 0 unspecified atom stereocenters. The molecule has 3 nitrogen and oxygen atoms in total. The minimum atomic E-state index is -0.0168. The van der Waals surface area contributed by atoms with E-state index in [0.717, 1.165) is 34.2 Å². The predicted molar refractivity (Wildman–Crippen MR) is 84.1 cm³/mol. The van der Waals surface area contributed by atoms with E-state index in [9.17, 15) is 4.79 Å². The van der Waals surface area contributed by atoms with Crippen molar-refractivity contribution in [1.29, 1.82) is 0 Å². The lowest BCUT2D eigenvalue weighted by molar-refractivity contribution is -0.124. The van der Waals surface area contributed by atoms with Crippen LogP contribution in [0.3, 0.4) is 0 Å². The van der Waals surface area contributed by atoms with E-state index in [1.54, 1.807) is 0 Å². The number of aryl methyl sites for hydroxylation is 2. The zero-order valence-corrected chi connectivity index (χ0v) is 13.8. The van der Waals surface area contributed by atoms with Crippen LogP contribution in [-0.4, -0.2) is 18.6 Å². The summed E-state index contributed by atoms with van der Waals surface area (Å²) >= 11 is 3.49. The first-order valence-electron chi connectivity index (χ1n) is 7.25. The number of halogens is 1. The summed E-state index contributed by atoms with van der Waals surface area (Å²) in [5.74, 6) is 0.765. The minimum absolute atomic E-state index is 0.0168. The molecule has 1 amide bonds. The van der Waals surface area contributed by atoms with Gasteiger partial charge in [-0.15, -0.1) is 0 Å². The van der Waals surface area contributed by atoms with E-state index < -0.39 is 0 Å². The Labute approximate surface area is 129 Å². The molecule has 1 saturated carbocycles. The Morgan fingerprint density at radius 1 is 1.25 bits per heavy atom. The topological polar surface area (TPSA) is 38.3 Å². The monoisotopic (exact) mass is 339 g/mol. The van der Waals surface area contributed by atoms with Crippen molar-refractivity contribution in [1.82, 2.24) is 5.32 Å². The van der Waals surface area contributed by atoms with Crippen molar-refractivity contribution in [2.75, 3.05) is 6.61 Å². The first-order chi connectivity index (χ1) is 9.56. The number of ether oxygens (including phenoxy) is 1. The normalized spacial score (nSPS) is 15.9. The van der Waals surface area contributed by atoms with Gasteiger partial charge < -0.3 is 10.1 Å². The number of rotatable bonds is 4. The van der Waals surface area contributed by atoms with Gasteiger partial charge in [0.25, 0.3) is 5.91 Å². The van der Waals surface area contributed by atoms with E-state index in [0.29, 0.717) is 6.04 Å². The van der Waals surface area contributed by atoms with Gasteiger partial charge in [0.05, 0.1) is 0 Å². The van der Waals surface area contributed by atoms with Crippen LogP contribution in [-0.2, 0) is 4.79 Å². The van der Waals surface area contributed by atoms with E-state index in [-0.39, 0.29) is 12.5 Å². The van der Waals surface area contributed by atoms with Gasteiger partial charge in [-0.25, -0.2) is 0 Å². The van der Waals surface area contributed by atoms with E-state index in [1.807, 2.05) is 26.0 Å². The van der Waals surface area contributed by atoms with Crippen LogP contribution in [0.2, 0.25) is 0 Å². The summed E-state index contributed by atoms with van der Waals surface area (Å²) in [6.45, 7) is 4.09. The lowest BCUT2D eigenvalue weighted by Gasteiger charge is -2.22. The molecule has 0 saturated heterocycles. The highest BCUT2D eigenvalue weighted by atomic mass is 79.9. The fourth-order valence-corrected chi connectivity index (χ4v) is 3.03. The Morgan fingerprint density at radius 2 is 1.95 bits per heavy atom. The van der Waals surface area contributed by atoms with Gasteiger partial charge in [-0.2, -0.15) is 0 Å². The molecule has 1 aromatic carbocycles. The van der Waals surface area contributed by atoms with Crippen LogP contribution in [0.15, 0.2) is 16.6 Å². The first kappa shape index (κ1) is 15.4. The number of benzene rings is 1. The second-order valence-electron chi connectivity index (χ2n) is 5.56. The summed E-state index contributed by atoms with van der Waals surface area (Å²) < 4.78 is 6.71. The van der Waals surface area contributed by atoms with Gasteiger partial charge in [0.1, 0.15) is 5.75 Å². The molecule has 0 spiro atoms. The van der Waals surface area contributed by atoms with Crippen molar-refractivity contribution in [2.24, 2.45) is 0 Å². The maximum Gasteiger partial charge on any atom is 0.258 e. The third kappa shape index (κ3) is 4.23. The molecule has 20 heavy (non-hydrogen) atoms. The van der Waals surface area contributed by atoms with Crippen LogP contribution < -0.4 is 10.1 Å². The van der Waals surface area contributed by atoms with Crippen LogP contribution in [0.25, 0.3) is 0 Å². The van der Waals surface area contributed by atoms with E-state index in [1.165, 1.54) is 19.3 Å². The molecule has 0 atom stereocenters. The predicted octanol–water partition coefficient (Wildman–Crippen LogP) is 3.89. The second-order valence-corrected chi connectivity index (χ2v) is 6.41. The Hall–Kier alpha value is -1.03. The zero-order chi connectivity index (χ0) is 14.5. The maximum atomic E-state index is 11.9. The largest absolute Gasteiger partial charge is 0.483 e. The molecular formula is C16H22BrNO2. The molecule has 0 heterocycles. The number of hydrogen-bond donors (Lipinski definition) is 1. The first-order valence-corrected chi connectivity index (χ1v) is 8.04. The lowest BCUT2D eigenvalue weighted by atomic mass is 9.95. The van der Waals surface area contributed by atoms with Crippen LogP contribution in [0.4, 0.5) is 0 Å². The lowest BCUT2D eigenvalue weighted by Crippen LogP contribution is -2.39. The number of carbonyl (C=O) groups is 1. The van der Waals surface area contributed by atoms with Gasteiger partial charge in [0, 0.05) is 10.5 Å². The van der Waals surface area contributed by atoms with Gasteiger partial charge in [-0.05, 0) is 49.9 Å². The molecule has 1 aliphatic carbocycles. The van der Waals surface area contributed by atoms with Crippen molar-refractivity contribution in [3.8, 4) is 5.75 Å². The molecule has 110 valence electrons. The molecule has 0 aromatic heterocycles. The number of hydrogen-bond acceptors (Lipinski definition) is 2. The van der Waals surface area contributed by atoms with Gasteiger partial charge >= 0.3 is 0 Å². The third-order valence-corrected chi connectivity index (χ3v) is 4.64. The van der Waals surface area contributed by atoms with Crippen molar-refractivity contribution >= 4 is 21.8 Å². The third-order valence-electron chi connectivity index (χ3n) is 3.79. The summed E-state index contributed by atoms with van der Waals surface area (Å²) in [4.78, 5) is 11.9. The number of nitrogens with one attached hydrogen (secondary N) is 1. The Bertz CT molecular complexity index is 482. The van der Waals surface area contributed by atoms with Gasteiger partial charge in [-0.1, -0.05) is 35.2 Å². The number of amides is 1. The zero-order valence-electron chi connectivity index (χ0n) is 12.2. The summed E-state index contributed by atoms with van der Waals surface area (Å²) in [6.07, 6.45) is 5.93.